The normalized spacial score (nSPS) is 14.9. The van der Waals surface area contributed by atoms with Crippen LogP contribution in [0.2, 0.25) is 0 Å². The van der Waals surface area contributed by atoms with Crippen molar-refractivity contribution < 1.29 is 8.81 Å². The number of hydrogen-bond acceptors (Lipinski definition) is 2. The molecular weight excluding hydrogens is 241 g/mol. The molecule has 0 radical (unpaired) electrons. The first-order chi connectivity index (χ1) is 9.13. The summed E-state index contributed by atoms with van der Waals surface area (Å²) in [5.74, 6) is 1.26. The number of benzene rings is 1. The van der Waals surface area contributed by atoms with Crippen LogP contribution in [0.3, 0.4) is 0 Å². The molecule has 2 nitrogen and oxygen atoms in total. The summed E-state index contributed by atoms with van der Waals surface area (Å²) in [6.07, 6.45) is 2.50. The van der Waals surface area contributed by atoms with Gasteiger partial charge in [-0.1, -0.05) is 6.07 Å². The molecule has 1 N–H and O–H groups in total. The maximum Gasteiger partial charge on any atom is 0.137 e. The zero-order valence-corrected chi connectivity index (χ0v) is 11.3. The Morgan fingerprint density at radius 2 is 2.05 bits per heavy atom. The topological polar surface area (TPSA) is 25.2 Å². The maximum atomic E-state index is 14.1. The summed E-state index contributed by atoms with van der Waals surface area (Å²) in [7, 11) is 0. The highest BCUT2D eigenvalue weighted by Crippen LogP contribution is 2.29. The van der Waals surface area contributed by atoms with Gasteiger partial charge in [0, 0.05) is 6.04 Å². The van der Waals surface area contributed by atoms with E-state index in [1.54, 1.807) is 6.07 Å². The van der Waals surface area contributed by atoms with Crippen molar-refractivity contribution in [2.45, 2.75) is 39.3 Å². The van der Waals surface area contributed by atoms with Crippen LogP contribution < -0.4 is 5.32 Å². The van der Waals surface area contributed by atoms with Crippen LogP contribution in [-0.2, 0) is 6.54 Å². The standard InChI is InChI=1S/C16H18FNO/c1-10-7-11(2)16(14(17)8-10)15-6-5-13(19-15)9-18-12-3-4-12/h5-8,12,18H,3-4,9H2,1-2H3. The van der Waals surface area contributed by atoms with Crippen molar-refractivity contribution in [2.75, 3.05) is 0 Å². The highest BCUT2D eigenvalue weighted by atomic mass is 19.1. The number of aryl methyl sites for hydroxylation is 2. The van der Waals surface area contributed by atoms with E-state index in [2.05, 4.69) is 5.32 Å². The first-order valence-electron chi connectivity index (χ1n) is 6.72. The Bertz CT molecular complexity index is 576. The van der Waals surface area contributed by atoms with Crippen LogP contribution in [0.1, 0.15) is 29.7 Å². The van der Waals surface area contributed by atoms with E-state index in [0.717, 1.165) is 23.4 Å². The third kappa shape index (κ3) is 2.71. The van der Waals surface area contributed by atoms with Gasteiger partial charge < -0.3 is 9.73 Å². The summed E-state index contributed by atoms with van der Waals surface area (Å²) in [6, 6.07) is 7.94. The number of halogens is 1. The molecule has 19 heavy (non-hydrogen) atoms. The molecule has 1 heterocycles. The smallest absolute Gasteiger partial charge is 0.137 e. The lowest BCUT2D eigenvalue weighted by molar-refractivity contribution is 0.489. The number of nitrogens with one attached hydrogen (secondary N) is 1. The van der Waals surface area contributed by atoms with Crippen LogP contribution >= 0.6 is 0 Å². The fourth-order valence-corrected chi connectivity index (χ4v) is 2.37. The van der Waals surface area contributed by atoms with Gasteiger partial charge in [0.1, 0.15) is 17.3 Å². The van der Waals surface area contributed by atoms with Crippen molar-refractivity contribution in [3.8, 4) is 11.3 Å². The molecule has 3 rings (SSSR count). The van der Waals surface area contributed by atoms with Gasteiger partial charge in [-0.05, 0) is 56.0 Å². The van der Waals surface area contributed by atoms with E-state index in [1.807, 2.05) is 32.0 Å². The van der Waals surface area contributed by atoms with Crippen LogP contribution in [0.15, 0.2) is 28.7 Å². The Balaban J connectivity index is 1.85. The third-order valence-electron chi connectivity index (χ3n) is 3.48. The van der Waals surface area contributed by atoms with E-state index in [1.165, 1.54) is 12.8 Å². The lowest BCUT2D eigenvalue weighted by Gasteiger charge is -2.06. The summed E-state index contributed by atoms with van der Waals surface area (Å²) in [5, 5.41) is 3.39. The molecule has 2 aromatic rings. The van der Waals surface area contributed by atoms with Crippen molar-refractivity contribution in [2.24, 2.45) is 0 Å². The van der Waals surface area contributed by atoms with Gasteiger partial charge in [-0.25, -0.2) is 4.39 Å². The molecule has 3 heteroatoms. The van der Waals surface area contributed by atoms with Crippen molar-refractivity contribution >= 4 is 0 Å². The van der Waals surface area contributed by atoms with Gasteiger partial charge >= 0.3 is 0 Å². The Labute approximate surface area is 112 Å². The minimum Gasteiger partial charge on any atom is -0.460 e. The average Bonchev–Trinajstić information content (AvgIpc) is 3.05. The monoisotopic (exact) mass is 259 g/mol. The summed E-state index contributed by atoms with van der Waals surface area (Å²) in [5.41, 5.74) is 2.41. The van der Waals surface area contributed by atoms with Crippen molar-refractivity contribution in [1.29, 1.82) is 0 Å². The molecule has 0 unspecified atom stereocenters. The molecule has 0 aliphatic heterocycles. The molecule has 0 atom stereocenters. The molecule has 0 spiro atoms. The van der Waals surface area contributed by atoms with Gasteiger partial charge in [0.25, 0.3) is 0 Å². The second-order valence-electron chi connectivity index (χ2n) is 5.36. The highest BCUT2D eigenvalue weighted by molar-refractivity contribution is 5.63. The fraction of sp³-hybridized carbons (Fsp3) is 0.375. The van der Waals surface area contributed by atoms with Crippen molar-refractivity contribution in [3.63, 3.8) is 0 Å². The first-order valence-corrected chi connectivity index (χ1v) is 6.72. The van der Waals surface area contributed by atoms with Crippen LogP contribution in [0.25, 0.3) is 11.3 Å². The molecular formula is C16H18FNO. The maximum absolute atomic E-state index is 14.1. The second-order valence-corrected chi connectivity index (χ2v) is 5.36. The lowest BCUT2D eigenvalue weighted by atomic mass is 10.0. The zero-order valence-electron chi connectivity index (χ0n) is 11.3. The highest BCUT2D eigenvalue weighted by Gasteiger charge is 2.21. The molecule has 1 aromatic carbocycles. The van der Waals surface area contributed by atoms with Gasteiger partial charge in [-0.3, -0.25) is 0 Å². The Morgan fingerprint density at radius 3 is 2.74 bits per heavy atom. The van der Waals surface area contributed by atoms with Gasteiger partial charge in [-0.15, -0.1) is 0 Å². The van der Waals surface area contributed by atoms with Crippen LogP contribution in [-0.4, -0.2) is 6.04 Å². The SMILES string of the molecule is Cc1cc(C)c(-c2ccc(CNC3CC3)o2)c(F)c1. The predicted octanol–water partition coefficient (Wildman–Crippen LogP) is 3.95. The Morgan fingerprint density at radius 1 is 1.26 bits per heavy atom. The van der Waals surface area contributed by atoms with Gasteiger partial charge in [0.05, 0.1) is 12.1 Å². The number of rotatable bonds is 4. The summed E-state index contributed by atoms with van der Waals surface area (Å²) < 4.78 is 19.8. The molecule has 1 fully saturated rings. The molecule has 1 saturated carbocycles. The molecule has 1 aliphatic rings. The number of furan rings is 1. The summed E-state index contributed by atoms with van der Waals surface area (Å²) in [4.78, 5) is 0. The lowest BCUT2D eigenvalue weighted by Crippen LogP contribution is -2.14. The molecule has 0 saturated heterocycles. The minimum atomic E-state index is -0.214. The van der Waals surface area contributed by atoms with E-state index in [0.29, 0.717) is 17.4 Å². The minimum absolute atomic E-state index is 0.214. The third-order valence-corrected chi connectivity index (χ3v) is 3.48. The molecule has 0 amide bonds. The Hall–Kier alpha value is -1.61. The molecule has 1 aromatic heterocycles. The molecule has 100 valence electrons. The van der Waals surface area contributed by atoms with Gasteiger partial charge in [-0.2, -0.15) is 0 Å². The summed E-state index contributed by atoms with van der Waals surface area (Å²) >= 11 is 0. The average molecular weight is 259 g/mol. The van der Waals surface area contributed by atoms with E-state index >= 15 is 0 Å². The van der Waals surface area contributed by atoms with Gasteiger partial charge in [0.15, 0.2) is 0 Å². The molecule has 1 aliphatic carbocycles. The fourth-order valence-electron chi connectivity index (χ4n) is 2.37. The van der Waals surface area contributed by atoms with E-state index in [-0.39, 0.29) is 5.82 Å². The summed E-state index contributed by atoms with van der Waals surface area (Å²) in [6.45, 7) is 4.53. The van der Waals surface area contributed by atoms with Gasteiger partial charge in [0.2, 0.25) is 0 Å². The second kappa shape index (κ2) is 4.82. The van der Waals surface area contributed by atoms with Crippen molar-refractivity contribution in [1.82, 2.24) is 5.32 Å². The first kappa shape index (κ1) is 12.4. The zero-order chi connectivity index (χ0) is 13.4. The largest absolute Gasteiger partial charge is 0.460 e. The van der Waals surface area contributed by atoms with Crippen molar-refractivity contribution in [3.05, 3.63) is 47.0 Å². The quantitative estimate of drug-likeness (QED) is 0.899. The molecule has 0 bridgehead atoms. The van der Waals surface area contributed by atoms with Crippen LogP contribution in [0, 0.1) is 19.7 Å². The Kier molecular flexibility index (Phi) is 3.15. The van der Waals surface area contributed by atoms with E-state index in [9.17, 15) is 4.39 Å². The number of hydrogen-bond donors (Lipinski definition) is 1. The van der Waals surface area contributed by atoms with E-state index < -0.39 is 0 Å². The van der Waals surface area contributed by atoms with Crippen LogP contribution in [0.4, 0.5) is 4.39 Å². The van der Waals surface area contributed by atoms with E-state index in [4.69, 9.17) is 4.42 Å². The van der Waals surface area contributed by atoms with Crippen LogP contribution in [0.5, 0.6) is 0 Å². The predicted molar refractivity (Wildman–Crippen MR) is 73.4 cm³/mol.